The van der Waals surface area contributed by atoms with Gasteiger partial charge in [0, 0.05) is 30.2 Å². The molecule has 3 heterocycles. The van der Waals surface area contributed by atoms with Gasteiger partial charge >= 0.3 is 0 Å². The maximum Gasteiger partial charge on any atom is 0.239 e. The molecule has 3 rings (SSSR count). The lowest BCUT2D eigenvalue weighted by Gasteiger charge is -2.31. The lowest BCUT2D eigenvalue weighted by molar-refractivity contribution is -0.119. The molecule has 1 N–H and O–H groups in total. The third-order valence-corrected chi connectivity index (χ3v) is 4.38. The van der Waals surface area contributed by atoms with Crippen molar-refractivity contribution in [2.24, 2.45) is 0 Å². The van der Waals surface area contributed by atoms with Gasteiger partial charge in [-0.3, -0.25) is 9.69 Å². The molecule has 1 aliphatic heterocycles. The summed E-state index contributed by atoms with van der Waals surface area (Å²) >= 11 is 1.60. The van der Waals surface area contributed by atoms with Crippen molar-refractivity contribution in [2.45, 2.75) is 20.0 Å². The van der Waals surface area contributed by atoms with Gasteiger partial charge in [0.1, 0.15) is 16.9 Å². The van der Waals surface area contributed by atoms with Crippen LogP contribution in [0, 0.1) is 13.8 Å². The van der Waals surface area contributed by atoms with Crippen molar-refractivity contribution >= 4 is 23.1 Å². The monoisotopic (exact) mass is 322 g/mol. The summed E-state index contributed by atoms with van der Waals surface area (Å²) in [6.07, 6.45) is -0.0606. The number of nitrogens with one attached hydrogen (secondary N) is 1. The van der Waals surface area contributed by atoms with Crippen molar-refractivity contribution < 1.29 is 14.1 Å². The van der Waals surface area contributed by atoms with E-state index in [0.29, 0.717) is 31.3 Å². The van der Waals surface area contributed by atoms with Crippen molar-refractivity contribution in [3.05, 3.63) is 27.9 Å². The van der Waals surface area contributed by atoms with Crippen LogP contribution in [0.5, 0.6) is 0 Å². The third-order valence-electron chi connectivity index (χ3n) is 3.33. The molecule has 0 spiro atoms. The number of morpholine rings is 1. The lowest BCUT2D eigenvalue weighted by Crippen LogP contribution is -2.42. The quantitative estimate of drug-likeness (QED) is 0.924. The number of ether oxygens (including phenoxy) is 1. The number of hydrogen-bond acceptors (Lipinski definition) is 7. The number of thiazole rings is 1. The highest BCUT2D eigenvalue weighted by Gasteiger charge is 2.25. The largest absolute Gasteiger partial charge is 0.368 e. The van der Waals surface area contributed by atoms with Crippen molar-refractivity contribution in [3.8, 4) is 0 Å². The lowest BCUT2D eigenvalue weighted by atomic mass is 10.2. The van der Waals surface area contributed by atoms with Crippen LogP contribution in [0.3, 0.4) is 0 Å². The van der Waals surface area contributed by atoms with E-state index in [0.717, 1.165) is 17.2 Å². The average molecular weight is 322 g/mol. The topological polar surface area (TPSA) is 80.5 Å². The molecule has 7 nitrogen and oxygen atoms in total. The maximum atomic E-state index is 12.0. The molecule has 22 heavy (non-hydrogen) atoms. The van der Waals surface area contributed by atoms with Gasteiger partial charge in [-0.25, -0.2) is 4.98 Å². The number of carbonyl (C=O) groups is 1. The molecular weight excluding hydrogens is 304 g/mol. The summed E-state index contributed by atoms with van der Waals surface area (Å²) in [4.78, 5) is 18.6. The van der Waals surface area contributed by atoms with Gasteiger partial charge in [-0.1, -0.05) is 5.16 Å². The minimum Gasteiger partial charge on any atom is -0.368 e. The normalized spacial score (nSPS) is 19.3. The minimum atomic E-state index is -0.107. The smallest absolute Gasteiger partial charge is 0.239 e. The van der Waals surface area contributed by atoms with Gasteiger partial charge in [-0.15, -0.1) is 11.3 Å². The van der Waals surface area contributed by atoms with E-state index in [4.69, 9.17) is 9.26 Å². The predicted molar refractivity (Wildman–Crippen MR) is 81.9 cm³/mol. The molecule has 1 fully saturated rings. The first kappa shape index (κ1) is 15.1. The van der Waals surface area contributed by atoms with Gasteiger partial charge in [0.25, 0.3) is 0 Å². The number of amides is 1. The van der Waals surface area contributed by atoms with E-state index >= 15 is 0 Å². The zero-order chi connectivity index (χ0) is 15.5. The number of hydrogen-bond donors (Lipinski definition) is 1. The van der Waals surface area contributed by atoms with Crippen LogP contribution >= 0.6 is 11.3 Å². The molecule has 0 aliphatic carbocycles. The average Bonchev–Trinajstić information content (AvgIpc) is 3.08. The van der Waals surface area contributed by atoms with Gasteiger partial charge in [0.2, 0.25) is 5.91 Å². The highest BCUT2D eigenvalue weighted by Crippen LogP contribution is 2.25. The van der Waals surface area contributed by atoms with E-state index in [1.165, 1.54) is 0 Å². The van der Waals surface area contributed by atoms with Crippen LogP contribution in [0.1, 0.15) is 22.6 Å². The zero-order valence-electron chi connectivity index (χ0n) is 12.5. The summed E-state index contributed by atoms with van der Waals surface area (Å²) in [7, 11) is 0. The molecular formula is C14H18N4O3S. The van der Waals surface area contributed by atoms with E-state index < -0.39 is 0 Å². The Bertz CT molecular complexity index is 654. The van der Waals surface area contributed by atoms with Crippen LogP contribution in [0.25, 0.3) is 0 Å². The number of carbonyl (C=O) groups excluding carboxylic acids is 1. The summed E-state index contributed by atoms with van der Waals surface area (Å²) in [5.74, 6) is 1.01. The van der Waals surface area contributed by atoms with Gasteiger partial charge in [0.05, 0.1) is 13.2 Å². The first-order chi connectivity index (χ1) is 10.6. The number of rotatable bonds is 4. The molecule has 1 atom stereocenters. The van der Waals surface area contributed by atoms with Gasteiger partial charge in [0.15, 0.2) is 5.82 Å². The standard InChI is InChI=1S/C14H18N4O3S/c1-9-8-22-14(15-9)11-6-18(3-4-20-11)7-13(19)16-12-5-10(2)21-17-12/h5,8,11H,3-4,6-7H2,1-2H3,(H,16,17,19). The maximum absolute atomic E-state index is 12.0. The highest BCUT2D eigenvalue weighted by molar-refractivity contribution is 7.09. The fourth-order valence-electron chi connectivity index (χ4n) is 2.33. The molecule has 0 bridgehead atoms. The molecule has 8 heteroatoms. The fourth-order valence-corrected chi connectivity index (χ4v) is 3.16. The summed E-state index contributed by atoms with van der Waals surface area (Å²) in [5, 5.41) is 9.46. The summed E-state index contributed by atoms with van der Waals surface area (Å²) in [5.41, 5.74) is 1.000. The van der Waals surface area contributed by atoms with Gasteiger partial charge in [-0.2, -0.15) is 0 Å². The summed E-state index contributed by atoms with van der Waals surface area (Å²) < 4.78 is 10.7. The first-order valence-corrected chi connectivity index (χ1v) is 7.97. The van der Waals surface area contributed by atoms with E-state index in [-0.39, 0.29) is 12.0 Å². The fraction of sp³-hybridized carbons (Fsp3) is 0.500. The van der Waals surface area contributed by atoms with Crippen molar-refractivity contribution in [2.75, 3.05) is 31.6 Å². The zero-order valence-corrected chi connectivity index (χ0v) is 13.4. The van der Waals surface area contributed by atoms with E-state index in [2.05, 4.69) is 20.4 Å². The molecule has 1 amide bonds. The number of aryl methyl sites for hydroxylation is 2. The molecule has 0 radical (unpaired) electrons. The highest BCUT2D eigenvalue weighted by atomic mass is 32.1. The second kappa shape index (κ2) is 6.55. The molecule has 2 aromatic heterocycles. The molecule has 1 unspecified atom stereocenters. The van der Waals surface area contributed by atoms with Gasteiger partial charge < -0.3 is 14.6 Å². The summed E-state index contributed by atoms with van der Waals surface area (Å²) in [6, 6.07) is 1.69. The Morgan fingerprint density at radius 3 is 3.09 bits per heavy atom. The van der Waals surface area contributed by atoms with E-state index in [1.54, 1.807) is 24.3 Å². The van der Waals surface area contributed by atoms with Crippen LogP contribution in [-0.4, -0.2) is 47.2 Å². The van der Waals surface area contributed by atoms with Crippen molar-refractivity contribution in [1.82, 2.24) is 15.0 Å². The third kappa shape index (κ3) is 3.70. The van der Waals surface area contributed by atoms with Gasteiger partial charge in [-0.05, 0) is 13.8 Å². The number of aromatic nitrogens is 2. The minimum absolute atomic E-state index is 0.0606. The molecule has 1 aliphatic rings. The molecule has 0 saturated carbocycles. The number of nitrogens with zero attached hydrogens (tertiary/aromatic N) is 3. The SMILES string of the molecule is Cc1csc(C2CN(CC(=O)Nc3cc(C)on3)CCO2)n1. The van der Waals surface area contributed by atoms with E-state index in [1.807, 2.05) is 12.3 Å². The van der Waals surface area contributed by atoms with Crippen LogP contribution in [-0.2, 0) is 9.53 Å². The Kier molecular flexibility index (Phi) is 4.51. The van der Waals surface area contributed by atoms with E-state index in [9.17, 15) is 4.79 Å². The molecule has 1 saturated heterocycles. The Morgan fingerprint density at radius 2 is 2.41 bits per heavy atom. The summed E-state index contributed by atoms with van der Waals surface area (Å²) in [6.45, 7) is 6.04. The molecule has 118 valence electrons. The second-order valence-electron chi connectivity index (χ2n) is 5.29. The van der Waals surface area contributed by atoms with Crippen LogP contribution in [0.2, 0.25) is 0 Å². The molecule has 2 aromatic rings. The Hall–Kier alpha value is -1.77. The molecule has 0 aromatic carbocycles. The Balaban J connectivity index is 1.54. The first-order valence-electron chi connectivity index (χ1n) is 7.09. The van der Waals surface area contributed by atoms with Crippen molar-refractivity contribution in [1.29, 1.82) is 0 Å². The predicted octanol–water partition coefficient (Wildman–Crippen LogP) is 1.76. The van der Waals surface area contributed by atoms with Crippen molar-refractivity contribution in [3.63, 3.8) is 0 Å². The Morgan fingerprint density at radius 1 is 1.55 bits per heavy atom. The Labute approximate surface area is 132 Å². The second-order valence-corrected chi connectivity index (χ2v) is 6.18. The van der Waals surface area contributed by atoms with Crippen LogP contribution in [0.15, 0.2) is 16.0 Å². The van der Waals surface area contributed by atoms with Crippen LogP contribution in [0.4, 0.5) is 5.82 Å². The number of anilines is 1. The van der Waals surface area contributed by atoms with Crippen LogP contribution < -0.4 is 5.32 Å².